The van der Waals surface area contributed by atoms with Crippen LogP contribution in [0.1, 0.15) is 22.1 Å². The first-order chi connectivity index (χ1) is 12.1. The van der Waals surface area contributed by atoms with Crippen LogP contribution < -0.4 is 19.9 Å². The summed E-state index contributed by atoms with van der Waals surface area (Å²) < 4.78 is 11.4. The fourth-order valence-electron chi connectivity index (χ4n) is 2.79. The van der Waals surface area contributed by atoms with E-state index < -0.39 is 12.0 Å². The Bertz CT molecular complexity index is 765. The van der Waals surface area contributed by atoms with Gasteiger partial charge in [-0.1, -0.05) is 36.0 Å². The van der Waals surface area contributed by atoms with Gasteiger partial charge in [0.2, 0.25) is 0 Å². The molecule has 2 aromatic carbocycles. The molecule has 0 radical (unpaired) electrons. The van der Waals surface area contributed by atoms with E-state index in [0.29, 0.717) is 23.9 Å². The highest BCUT2D eigenvalue weighted by Crippen LogP contribution is 2.34. The Morgan fingerprint density at radius 3 is 2.76 bits per heavy atom. The van der Waals surface area contributed by atoms with E-state index in [9.17, 15) is 9.90 Å². The number of aliphatic carboxylic acids is 1. The molecule has 0 unspecified atom stereocenters. The lowest BCUT2D eigenvalue weighted by atomic mass is 10.1. The minimum atomic E-state index is -1.01. The van der Waals surface area contributed by atoms with E-state index in [0.717, 1.165) is 11.1 Å². The Hall–Kier alpha value is -2.18. The summed E-state index contributed by atoms with van der Waals surface area (Å²) in [6, 6.07) is 13.4. The van der Waals surface area contributed by atoms with Crippen molar-refractivity contribution in [1.82, 2.24) is 0 Å². The standard InChI is InChI=1S/C19H21NO4S/c1-12-5-3-4-6-14(12)10-24-16-8-7-13(9-17(16)23-2)18-20-15(11-25-18)19(21)22/h3-9,15,18,20H,10-11H2,1-2H3,(H,21,22)/t15-,18-/m1/s1. The molecule has 1 saturated heterocycles. The fraction of sp³-hybridized carbons (Fsp3) is 0.316. The summed E-state index contributed by atoms with van der Waals surface area (Å²) in [5, 5.41) is 12.9. The van der Waals surface area contributed by atoms with Crippen LogP contribution in [0.15, 0.2) is 42.5 Å². The smallest absolute Gasteiger partial charge is 0.161 e. The molecule has 0 aliphatic carbocycles. The molecule has 1 heterocycles. The lowest BCUT2D eigenvalue weighted by Gasteiger charge is -2.15. The molecule has 2 aromatic rings. The van der Waals surface area contributed by atoms with E-state index in [1.807, 2.05) is 41.7 Å². The molecular weight excluding hydrogens is 338 g/mol. The Morgan fingerprint density at radius 1 is 1.28 bits per heavy atom. The van der Waals surface area contributed by atoms with E-state index in [4.69, 9.17) is 9.47 Å². The fourth-order valence-corrected chi connectivity index (χ4v) is 4.09. The van der Waals surface area contributed by atoms with E-state index >= 15 is 0 Å². The topological polar surface area (TPSA) is 75.2 Å². The molecule has 1 fully saturated rings. The monoisotopic (exact) mass is 359 g/mol. The van der Waals surface area contributed by atoms with E-state index in [-0.39, 0.29) is 5.37 Å². The van der Waals surface area contributed by atoms with Gasteiger partial charge in [0.05, 0.1) is 12.9 Å². The molecule has 0 aromatic heterocycles. The lowest BCUT2D eigenvalue weighted by molar-refractivity contribution is -0.690. The molecule has 1 aliphatic heterocycles. The quantitative estimate of drug-likeness (QED) is 0.833. The maximum absolute atomic E-state index is 11.0. The van der Waals surface area contributed by atoms with Gasteiger partial charge in [0.25, 0.3) is 0 Å². The highest BCUT2D eigenvalue weighted by atomic mass is 32.2. The number of benzene rings is 2. The second kappa shape index (κ2) is 7.80. The predicted octanol–water partition coefficient (Wildman–Crippen LogP) is 1.01. The van der Waals surface area contributed by atoms with Crippen molar-refractivity contribution in [2.75, 3.05) is 12.9 Å². The minimum absolute atomic E-state index is 0.0298. The number of rotatable bonds is 6. The number of carbonyl (C=O) groups is 1. The molecule has 2 atom stereocenters. The average Bonchev–Trinajstić information content (AvgIpc) is 3.11. The van der Waals surface area contributed by atoms with Crippen molar-refractivity contribution in [3.05, 3.63) is 59.2 Å². The third kappa shape index (κ3) is 4.08. The van der Waals surface area contributed by atoms with Crippen molar-refractivity contribution in [3.8, 4) is 11.5 Å². The molecule has 0 spiro atoms. The number of carbonyl (C=O) groups excluding carboxylic acids is 1. The number of ether oxygens (including phenoxy) is 2. The first kappa shape index (κ1) is 17.6. The van der Waals surface area contributed by atoms with Crippen LogP contribution in [0.25, 0.3) is 0 Å². The molecule has 25 heavy (non-hydrogen) atoms. The summed E-state index contributed by atoms with van der Waals surface area (Å²) in [4.78, 5) is 11.0. The number of hydrogen-bond acceptors (Lipinski definition) is 5. The first-order valence-electron chi connectivity index (χ1n) is 8.11. The Labute approximate surface area is 151 Å². The lowest BCUT2D eigenvalue weighted by Crippen LogP contribution is -2.90. The molecule has 132 valence electrons. The summed E-state index contributed by atoms with van der Waals surface area (Å²) in [7, 11) is 1.61. The van der Waals surface area contributed by atoms with Crippen LogP contribution >= 0.6 is 11.8 Å². The van der Waals surface area contributed by atoms with Crippen molar-refractivity contribution in [3.63, 3.8) is 0 Å². The van der Waals surface area contributed by atoms with Gasteiger partial charge in [0, 0.05) is 5.56 Å². The highest BCUT2D eigenvalue weighted by Gasteiger charge is 2.31. The van der Waals surface area contributed by atoms with E-state index in [1.54, 1.807) is 18.9 Å². The molecule has 5 nitrogen and oxygen atoms in total. The average molecular weight is 359 g/mol. The van der Waals surface area contributed by atoms with Crippen LogP contribution in [0.2, 0.25) is 0 Å². The zero-order valence-corrected chi connectivity index (χ0v) is 15.0. The zero-order valence-electron chi connectivity index (χ0n) is 14.2. The van der Waals surface area contributed by atoms with Gasteiger partial charge in [-0.2, -0.15) is 0 Å². The van der Waals surface area contributed by atoms with E-state index in [2.05, 4.69) is 13.0 Å². The number of thioether (sulfide) groups is 1. The SMILES string of the molecule is COc1cc([C@@H]2[NH2+][C@@H](C(=O)[O-])CS2)ccc1OCc1ccccc1C. The Morgan fingerprint density at radius 2 is 2.08 bits per heavy atom. The largest absolute Gasteiger partial charge is 0.544 e. The van der Waals surface area contributed by atoms with Gasteiger partial charge in [0.15, 0.2) is 16.9 Å². The number of quaternary nitrogens is 1. The zero-order chi connectivity index (χ0) is 17.8. The van der Waals surface area contributed by atoms with Gasteiger partial charge in [-0.25, -0.2) is 0 Å². The van der Waals surface area contributed by atoms with Crippen molar-refractivity contribution >= 4 is 17.7 Å². The Balaban J connectivity index is 1.72. The number of aryl methyl sites for hydroxylation is 1. The van der Waals surface area contributed by atoms with Crippen molar-refractivity contribution < 1.29 is 24.7 Å². The van der Waals surface area contributed by atoms with Crippen LogP contribution in [0.3, 0.4) is 0 Å². The summed E-state index contributed by atoms with van der Waals surface area (Å²) in [6.45, 7) is 2.53. The normalized spacial score (nSPS) is 19.6. The predicted molar refractivity (Wildman–Crippen MR) is 94.4 cm³/mol. The van der Waals surface area contributed by atoms with Gasteiger partial charge >= 0.3 is 0 Å². The molecule has 0 bridgehead atoms. The van der Waals surface area contributed by atoms with E-state index in [1.165, 1.54) is 5.56 Å². The minimum Gasteiger partial charge on any atom is -0.544 e. The van der Waals surface area contributed by atoms with Gasteiger partial charge in [-0.3, -0.25) is 0 Å². The third-order valence-electron chi connectivity index (χ3n) is 4.33. The molecule has 2 N–H and O–H groups in total. The Kier molecular flexibility index (Phi) is 5.50. The number of carboxylic acids is 1. The van der Waals surface area contributed by atoms with Crippen LogP contribution in [0, 0.1) is 6.92 Å². The number of hydrogen-bond donors (Lipinski definition) is 1. The van der Waals surface area contributed by atoms with Crippen LogP contribution in [-0.4, -0.2) is 24.9 Å². The molecule has 0 amide bonds. The van der Waals surface area contributed by atoms with Crippen molar-refractivity contribution in [2.24, 2.45) is 0 Å². The van der Waals surface area contributed by atoms with Gasteiger partial charge in [0.1, 0.15) is 18.6 Å². The summed E-state index contributed by atoms with van der Waals surface area (Å²) in [5.74, 6) is 0.854. The maximum atomic E-state index is 11.0. The molecular formula is C19H21NO4S. The summed E-state index contributed by atoms with van der Waals surface area (Å²) in [5.41, 5.74) is 3.32. The third-order valence-corrected chi connectivity index (χ3v) is 5.67. The number of carboxylic acid groups (broad SMARTS) is 1. The van der Waals surface area contributed by atoms with Crippen molar-refractivity contribution in [1.29, 1.82) is 0 Å². The van der Waals surface area contributed by atoms with Crippen LogP contribution in [0.4, 0.5) is 0 Å². The van der Waals surface area contributed by atoms with Crippen LogP contribution in [-0.2, 0) is 11.4 Å². The van der Waals surface area contributed by atoms with Crippen molar-refractivity contribution in [2.45, 2.75) is 24.9 Å². The van der Waals surface area contributed by atoms with Crippen LogP contribution in [0.5, 0.6) is 11.5 Å². The maximum Gasteiger partial charge on any atom is 0.161 e. The molecule has 3 rings (SSSR count). The highest BCUT2D eigenvalue weighted by molar-refractivity contribution is 7.99. The molecule has 1 aliphatic rings. The van der Waals surface area contributed by atoms with Gasteiger partial charge < -0.3 is 24.7 Å². The number of methoxy groups -OCH3 is 1. The first-order valence-corrected chi connectivity index (χ1v) is 9.16. The van der Waals surface area contributed by atoms with Gasteiger partial charge in [-0.15, -0.1) is 0 Å². The molecule has 0 saturated carbocycles. The van der Waals surface area contributed by atoms with Gasteiger partial charge in [-0.05, 0) is 36.2 Å². The second-order valence-electron chi connectivity index (χ2n) is 6.00. The molecule has 6 heteroatoms. The summed E-state index contributed by atoms with van der Waals surface area (Å²) in [6.07, 6.45) is 0. The second-order valence-corrected chi connectivity index (χ2v) is 7.17. The number of nitrogens with two attached hydrogens (primary N) is 1. The summed E-state index contributed by atoms with van der Waals surface area (Å²) >= 11 is 1.60.